The first kappa shape index (κ1) is 23.3. The normalized spacial score (nSPS) is 17.1. The number of alkyl halides is 3. The first-order chi connectivity index (χ1) is 15.7. The fraction of sp³-hybridized carbons (Fsp3) is 0.542. The highest BCUT2D eigenvalue weighted by Gasteiger charge is 2.40. The second kappa shape index (κ2) is 9.57. The van der Waals surface area contributed by atoms with Crippen molar-refractivity contribution in [3.63, 3.8) is 0 Å². The summed E-state index contributed by atoms with van der Waals surface area (Å²) in [6.07, 6.45) is 1.32. The van der Waals surface area contributed by atoms with Gasteiger partial charge in [-0.3, -0.25) is 14.3 Å². The number of hydrogen-bond acceptors (Lipinski definition) is 3. The standard InChI is InChI=1S/C24H29F3N4O2/c1-30(17-10-3-2-4-11-17)23(33)19(14-16-8-7-9-16)28-21(32)15-31-20-13-6-5-12-18(20)22(29-31)24(25,26)27/h2-4,10-11,16,19H,5-9,12-15H2,1H3,(H,28,32). The number of halogens is 3. The molecule has 0 spiro atoms. The monoisotopic (exact) mass is 462 g/mol. The zero-order valence-electron chi connectivity index (χ0n) is 18.7. The maximum absolute atomic E-state index is 13.5. The number of carbonyl (C=O) groups is 2. The lowest BCUT2D eigenvalue weighted by Crippen LogP contribution is -2.49. The molecule has 2 aliphatic carbocycles. The molecule has 2 aromatic rings. The molecule has 1 N–H and O–H groups in total. The maximum atomic E-state index is 13.5. The summed E-state index contributed by atoms with van der Waals surface area (Å²) in [5.41, 5.74) is 0.502. The Hall–Kier alpha value is -2.84. The van der Waals surface area contributed by atoms with Crippen LogP contribution in [0.5, 0.6) is 0 Å². The minimum absolute atomic E-state index is 0.201. The van der Waals surface area contributed by atoms with E-state index in [0.29, 0.717) is 43.0 Å². The van der Waals surface area contributed by atoms with Crippen LogP contribution in [0.4, 0.5) is 18.9 Å². The number of rotatable bonds is 7. The number of fused-ring (bicyclic) bond motifs is 1. The van der Waals surface area contributed by atoms with Crippen LogP contribution in [0.3, 0.4) is 0 Å². The SMILES string of the molecule is CN(C(=O)C(CC1CCC1)NC(=O)Cn1nc(C(F)(F)F)c2c1CCCC2)c1ccccc1. The summed E-state index contributed by atoms with van der Waals surface area (Å²) in [5.74, 6) is -0.378. The number of nitrogens with one attached hydrogen (secondary N) is 1. The highest BCUT2D eigenvalue weighted by Crippen LogP contribution is 2.36. The number of amides is 2. The predicted molar refractivity (Wildman–Crippen MR) is 118 cm³/mol. The fourth-order valence-corrected chi connectivity index (χ4v) is 4.70. The molecule has 0 saturated heterocycles. The molecule has 1 aromatic heterocycles. The van der Waals surface area contributed by atoms with E-state index in [4.69, 9.17) is 0 Å². The molecule has 1 atom stereocenters. The van der Waals surface area contributed by atoms with Crippen molar-refractivity contribution >= 4 is 17.5 Å². The second-order valence-corrected chi connectivity index (χ2v) is 9.02. The number of carbonyl (C=O) groups excluding carboxylic acids is 2. The first-order valence-electron chi connectivity index (χ1n) is 11.5. The minimum atomic E-state index is -4.55. The molecular weight excluding hydrogens is 433 g/mol. The number of aromatic nitrogens is 2. The molecule has 1 fully saturated rings. The highest BCUT2D eigenvalue weighted by atomic mass is 19.4. The van der Waals surface area contributed by atoms with Crippen LogP contribution in [0.2, 0.25) is 0 Å². The quantitative estimate of drug-likeness (QED) is 0.673. The third-order valence-electron chi connectivity index (χ3n) is 6.72. The van der Waals surface area contributed by atoms with Crippen molar-refractivity contribution in [2.45, 2.75) is 70.1 Å². The van der Waals surface area contributed by atoms with Gasteiger partial charge in [0.25, 0.3) is 0 Å². The predicted octanol–water partition coefficient (Wildman–Crippen LogP) is 4.12. The van der Waals surface area contributed by atoms with E-state index in [1.807, 2.05) is 30.3 Å². The molecule has 6 nitrogen and oxygen atoms in total. The molecular formula is C24H29F3N4O2. The summed E-state index contributed by atoms with van der Waals surface area (Å²) < 4.78 is 41.5. The van der Waals surface area contributed by atoms with E-state index >= 15 is 0 Å². The van der Waals surface area contributed by atoms with Gasteiger partial charge in [0, 0.05) is 24.0 Å². The van der Waals surface area contributed by atoms with Crippen LogP contribution in [0.15, 0.2) is 30.3 Å². The van der Waals surface area contributed by atoms with E-state index in [1.54, 1.807) is 7.05 Å². The van der Waals surface area contributed by atoms with Gasteiger partial charge in [0.1, 0.15) is 12.6 Å². The van der Waals surface area contributed by atoms with Crippen molar-refractivity contribution in [1.82, 2.24) is 15.1 Å². The Morgan fingerprint density at radius 1 is 1.15 bits per heavy atom. The summed E-state index contributed by atoms with van der Waals surface area (Å²) in [5, 5.41) is 6.56. The van der Waals surface area contributed by atoms with Crippen molar-refractivity contribution in [3.8, 4) is 0 Å². The van der Waals surface area contributed by atoms with Crippen LogP contribution < -0.4 is 10.2 Å². The lowest BCUT2D eigenvalue weighted by molar-refractivity contribution is -0.142. The number of likely N-dealkylation sites (N-methyl/N-ethyl adjacent to an activating group) is 1. The molecule has 0 radical (unpaired) electrons. The average molecular weight is 463 g/mol. The van der Waals surface area contributed by atoms with E-state index in [9.17, 15) is 22.8 Å². The molecule has 2 aliphatic rings. The van der Waals surface area contributed by atoms with Crippen LogP contribution >= 0.6 is 0 Å². The van der Waals surface area contributed by atoms with Gasteiger partial charge >= 0.3 is 6.18 Å². The molecule has 2 amide bonds. The van der Waals surface area contributed by atoms with Crippen molar-refractivity contribution in [3.05, 3.63) is 47.3 Å². The molecule has 9 heteroatoms. The van der Waals surface area contributed by atoms with Gasteiger partial charge < -0.3 is 10.2 Å². The zero-order valence-corrected chi connectivity index (χ0v) is 18.7. The van der Waals surface area contributed by atoms with Gasteiger partial charge in [-0.25, -0.2) is 0 Å². The average Bonchev–Trinajstić information content (AvgIpc) is 3.14. The Bertz CT molecular complexity index is 999. The van der Waals surface area contributed by atoms with Crippen LogP contribution in [0, 0.1) is 5.92 Å². The smallest absolute Gasteiger partial charge is 0.343 e. The molecule has 1 unspecified atom stereocenters. The van der Waals surface area contributed by atoms with E-state index < -0.39 is 23.8 Å². The van der Waals surface area contributed by atoms with Gasteiger partial charge in [-0.2, -0.15) is 18.3 Å². The van der Waals surface area contributed by atoms with Gasteiger partial charge in [0.2, 0.25) is 11.8 Å². The third kappa shape index (κ3) is 5.23. The second-order valence-electron chi connectivity index (χ2n) is 9.02. The molecule has 0 aliphatic heterocycles. The molecule has 1 heterocycles. The minimum Gasteiger partial charge on any atom is -0.343 e. The summed E-state index contributed by atoms with van der Waals surface area (Å²) >= 11 is 0. The third-order valence-corrected chi connectivity index (χ3v) is 6.72. The van der Waals surface area contributed by atoms with Crippen LogP contribution in [-0.2, 0) is 35.2 Å². The molecule has 1 aromatic carbocycles. The lowest BCUT2D eigenvalue weighted by atomic mass is 9.80. The largest absolute Gasteiger partial charge is 0.435 e. The molecule has 1 saturated carbocycles. The Balaban J connectivity index is 1.50. The van der Waals surface area contributed by atoms with E-state index in [1.165, 1.54) is 9.58 Å². The fourth-order valence-electron chi connectivity index (χ4n) is 4.70. The van der Waals surface area contributed by atoms with Gasteiger partial charge in [-0.15, -0.1) is 0 Å². The summed E-state index contributed by atoms with van der Waals surface area (Å²) in [7, 11) is 1.66. The number of para-hydroxylation sites is 1. The molecule has 33 heavy (non-hydrogen) atoms. The van der Waals surface area contributed by atoms with Gasteiger partial charge in [0.05, 0.1) is 0 Å². The van der Waals surface area contributed by atoms with Crippen LogP contribution in [0.1, 0.15) is 55.5 Å². The summed E-state index contributed by atoms with van der Waals surface area (Å²) in [6.45, 7) is -0.331. The summed E-state index contributed by atoms with van der Waals surface area (Å²) in [4.78, 5) is 27.6. The van der Waals surface area contributed by atoms with Crippen molar-refractivity contribution < 1.29 is 22.8 Å². The zero-order chi connectivity index (χ0) is 23.6. The maximum Gasteiger partial charge on any atom is 0.435 e. The Morgan fingerprint density at radius 2 is 1.85 bits per heavy atom. The van der Waals surface area contributed by atoms with Crippen molar-refractivity contribution in [1.29, 1.82) is 0 Å². The van der Waals surface area contributed by atoms with Gasteiger partial charge in [-0.1, -0.05) is 37.5 Å². The molecule has 178 valence electrons. The number of nitrogens with zero attached hydrogens (tertiary/aromatic N) is 3. The lowest BCUT2D eigenvalue weighted by Gasteiger charge is -2.31. The number of benzene rings is 1. The molecule has 0 bridgehead atoms. The van der Waals surface area contributed by atoms with Crippen molar-refractivity contribution in [2.24, 2.45) is 5.92 Å². The van der Waals surface area contributed by atoms with Crippen LogP contribution in [0.25, 0.3) is 0 Å². The van der Waals surface area contributed by atoms with Gasteiger partial charge in [-0.05, 0) is 50.2 Å². The number of anilines is 1. The molecule has 4 rings (SSSR count). The Morgan fingerprint density at radius 3 is 2.48 bits per heavy atom. The Labute approximate surface area is 191 Å². The van der Waals surface area contributed by atoms with Gasteiger partial charge in [0.15, 0.2) is 5.69 Å². The highest BCUT2D eigenvalue weighted by molar-refractivity contribution is 5.98. The Kier molecular flexibility index (Phi) is 6.76. The van der Waals surface area contributed by atoms with E-state index in [2.05, 4.69) is 10.4 Å². The number of hydrogen-bond donors (Lipinski definition) is 1. The van der Waals surface area contributed by atoms with Crippen LogP contribution in [-0.4, -0.2) is 34.7 Å². The van der Waals surface area contributed by atoms with E-state index in [0.717, 1.165) is 25.7 Å². The summed E-state index contributed by atoms with van der Waals surface area (Å²) in [6, 6.07) is 8.41. The van der Waals surface area contributed by atoms with Crippen molar-refractivity contribution in [2.75, 3.05) is 11.9 Å². The first-order valence-corrected chi connectivity index (χ1v) is 11.5. The van der Waals surface area contributed by atoms with E-state index in [-0.39, 0.29) is 18.0 Å². The topological polar surface area (TPSA) is 67.2 Å².